The normalized spacial score (nSPS) is 12.5. The summed E-state index contributed by atoms with van der Waals surface area (Å²) in [6, 6.07) is 4.79. The number of benzene rings is 1. The summed E-state index contributed by atoms with van der Waals surface area (Å²) in [4.78, 5) is 0. The Kier molecular flexibility index (Phi) is 4.37. The van der Waals surface area contributed by atoms with Crippen molar-refractivity contribution >= 4 is 0 Å². The molecule has 1 aromatic carbocycles. The van der Waals surface area contributed by atoms with Gasteiger partial charge in [-0.2, -0.15) is 27.1 Å². The number of aromatic amines is 1. The number of alkyl halides is 5. The highest BCUT2D eigenvalue weighted by molar-refractivity contribution is 5.75. The Morgan fingerprint density at radius 1 is 1.17 bits per heavy atom. The van der Waals surface area contributed by atoms with Gasteiger partial charge < -0.3 is 4.74 Å². The number of aromatic nitrogens is 2. The Balaban J connectivity index is 2.74. The first kappa shape index (κ1) is 17.2. The first-order valence-electron chi connectivity index (χ1n) is 6.80. The van der Waals surface area contributed by atoms with Crippen LogP contribution in [0.1, 0.15) is 23.9 Å². The molecule has 0 aliphatic rings. The van der Waals surface area contributed by atoms with Crippen LogP contribution in [0.3, 0.4) is 0 Å². The van der Waals surface area contributed by atoms with E-state index in [9.17, 15) is 22.0 Å². The van der Waals surface area contributed by atoms with Crippen LogP contribution in [0.4, 0.5) is 22.0 Å². The Bertz CT molecular complexity index is 706. The molecule has 0 radical (unpaired) electrons. The van der Waals surface area contributed by atoms with Crippen molar-refractivity contribution in [3.05, 3.63) is 35.2 Å². The van der Waals surface area contributed by atoms with Crippen LogP contribution in [0, 0.1) is 6.92 Å². The van der Waals surface area contributed by atoms with Gasteiger partial charge in [0.1, 0.15) is 11.4 Å². The van der Waals surface area contributed by atoms with Crippen LogP contribution >= 0.6 is 0 Å². The number of methoxy groups -OCH3 is 1. The number of hydrogen-bond acceptors (Lipinski definition) is 2. The van der Waals surface area contributed by atoms with Gasteiger partial charge in [-0.15, -0.1) is 0 Å². The SMILES string of the molecule is CCc1ccc(OC)c(-c2c(C(F)(F)C(F)(F)F)n[nH]c2C)c1. The van der Waals surface area contributed by atoms with Crippen LogP contribution in [0.15, 0.2) is 18.2 Å². The van der Waals surface area contributed by atoms with Crippen molar-refractivity contribution in [2.75, 3.05) is 7.11 Å². The molecule has 2 rings (SSSR count). The Labute approximate surface area is 129 Å². The van der Waals surface area contributed by atoms with Gasteiger partial charge >= 0.3 is 12.1 Å². The smallest absolute Gasteiger partial charge is 0.459 e. The zero-order chi connectivity index (χ0) is 17.4. The lowest BCUT2D eigenvalue weighted by molar-refractivity contribution is -0.290. The second-order valence-electron chi connectivity index (χ2n) is 5.03. The minimum atomic E-state index is -5.74. The second-order valence-corrected chi connectivity index (χ2v) is 5.03. The molecule has 1 N–H and O–H groups in total. The third-order valence-corrected chi connectivity index (χ3v) is 3.54. The molecule has 3 nitrogen and oxygen atoms in total. The van der Waals surface area contributed by atoms with Gasteiger partial charge in [0.05, 0.1) is 7.11 Å². The van der Waals surface area contributed by atoms with Crippen molar-refractivity contribution in [2.45, 2.75) is 32.4 Å². The number of aryl methyl sites for hydroxylation is 2. The molecule has 0 spiro atoms. The lowest BCUT2D eigenvalue weighted by Gasteiger charge is -2.20. The maximum Gasteiger partial charge on any atom is 0.459 e. The highest BCUT2D eigenvalue weighted by Crippen LogP contribution is 2.48. The van der Waals surface area contributed by atoms with E-state index in [0.29, 0.717) is 6.42 Å². The predicted molar refractivity (Wildman–Crippen MR) is 74.6 cm³/mol. The van der Waals surface area contributed by atoms with Crippen molar-refractivity contribution in [1.82, 2.24) is 10.2 Å². The lowest BCUT2D eigenvalue weighted by atomic mass is 9.96. The molecule has 23 heavy (non-hydrogen) atoms. The highest BCUT2D eigenvalue weighted by atomic mass is 19.4. The van der Waals surface area contributed by atoms with E-state index in [4.69, 9.17) is 4.74 Å². The van der Waals surface area contributed by atoms with Gasteiger partial charge in [0.2, 0.25) is 0 Å². The first-order valence-corrected chi connectivity index (χ1v) is 6.80. The fourth-order valence-electron chi connectivity index (χ4n) is 2.29. The first-order chi connectivity index (χ1) is 10.6. The number of hydrogen-bond donors (Lipinski definition) is 1. The maximum absolute atomic E-state index is 13.8. The maximum atomic E-state index is 13.8. The molecule has 0 saturated heterocycles. The summed E-state index contributed by atoms with van der Waals surface area (Å²) in [7, 11) is 1.32. The minimum Gasteiger partial charge on any atom is -0.496 e. The third kappa shape index (κ3) is 2.89. The van der Waals surface area contributed by atoms with Gasteiger partial charge in [-0.1, -0.05) is 13.0 Å². The summed E-state index contributed by atoms with van der Waals surface area (Å²) >= 11 is 0. The van der Waals surface area contributed by atoms with Gasteiger partial charge in [-0.05, 0) is 31.0 Å². The molecule has 0 unspecified atom stereocenters. The molecule has 0 aliphatic heterocycles. The number of rotatable bonds is 4. The average molecular weight is 334 g/mol. The van der Waals surface area contributed by atoms with Crippen LogP contribution in [-0.2, 0) is 12.3 Å². The molecule has 0 bridgehead atoms. The molecule has 2 aromatic rings. The molecular formula is C15H15F5N2O. The summed E-state index contributed by atoms with van der Waals surface area (Å²) in [6.45, 7) is 3.23. The molecule has 8 heteroatoms. The fourth-order valence-corrected chi connectivity index (χ4v) is 2.29. The molecule has 0 fully saturated rings. The van der Waals surface area contributed by atoms with Gasteiger partial charge in [0.15, 0.2) is 0 Å². The number of halogens is 5. The predicted octanol–water partition coefficient (Wildman–Crippen LogP) is 4.61. The summed E-state index contributed by atoms with van der Waals surface area (Å²) in [5.74, 6) is -4.87. The zero-order valence-corrected chi connectivity index (χ0v) is 12.7. The molecule has 126 valence electrons. The number of nitrogens with zero attached hydrogens (tertiary/aromatic N) is 1. The summed E-state index contributed by atoms with van der Waals surface area (Å²) in [6.07, 6.45) is -5.14. The van der Waals surface area contributed by atoms with Crippen LogP contribution in [0.25, 0.3) is 11.1 Å². The van der Waals surface area contributed by atoms with Gasteiger partial charge in [-0.3, -0.25) is 5.10 Å². The van der Waals surface area contributed by atoms with Crippen LogP contribution in [-0.4, -0.2) is 23.5 Å². The Morgan fingerprint density at radius 3 is 2.35 bits per heavy atom. The second kappa shape index (κ2) is 5.82. The molecule has 1 heterocycles. The molecule has 0 saturated carbocycles. The van der Waals surface area contributed by atoms with E-state index < -0.39 is 17.8 Å². The van der Waals surface area contributed by atoms with Crippen LogP contribution < -0.4 is 4.74 Å². The van der Waals surface area contributed by atoms with Crippen LogP contribution in [0.2, 0.25) is 0 Å². The van der Waals surface area contributed by atoms with Crippen molar-refractivity contribution < 1.29 is 26.7 Å². The molecule has 1 aromatic heterocycles. The van der Waals surface area contributed by atoms with Gasteiger partial charge in [-0.25, -0.2) is 0 Å². The van der Waals surface area contributed by atoms with Crippen LogP contribution in [0.5, 0.6) is 5.75 Å². The van der Waals surface area contributed by atoms with Gasteiger partial charge in [0.25, 0.3) is 0 Å². The summed E-state index contributed by atoms with van der Waals surface area (Å²) in [5, 5.41) is 5.43. The van der Waals surface area contributed by atoms with Crippen molar-refractivity contribution in [1.29, 1.82) is 0 Å². The molecular weight excluding hydrogens is 319 g/mol. The van der Waals surface area contributed by atoms with E-state index >= 15 is 0 Å². The topological polar surface area (TPSA) is 37.9 Å². The average Bonchev–Trinajstić information content (AvgIpc) is 2.87. The number of nitrogens with one attached hydrogen (secondary N) is 1. The Morgan fingerprint density at radius 2 is 1.83 bits per heavy atom. The van der Waals surface area contributed by atoms with Crippen molar-refractivity contribution in [3.63, 3.8) is 0 Å². The summed E-state index contributed by atoms with van der Waals surface area (Å²) in [5.41, 5.74) is -0.608. The van der Waals surface area contributed by atoms with E-state index in [-0.39, 0.29) is 22.6 Å². The van der Waals surface area contributed by atoms with E-state index in [0.717, 1.165) is 5.56 Å². The Hall–Kier alpha value is -2.12. The minimum absolute atomic E-state index is 0.107. The van der Waals surface area contributed by atoms with E-state index in [2.05, 4.69) is 10.2 Å². The standard InChI is InChI=1S/C15H15F5N2O/c1-4-9-5-6-11(23-3)10(7-9)12-8(2)21-22-13(12)14(16,17)15(18,19)20/h5-7H,4H2,1-3H3,(H,21,22). The molecule has 0 aliphatic carbocycles. The summed E-state index contributed by atoms with van der Waals surface area (Å²) < 4.78 is 70.8. The number of ether oxygens (including phenoxy) is 1. The van der Waals surface area contributed by atoms with Crippen molar-refractivity contribution in [2.24, 2.45) is 0 Å². The lowest BCUT2D eigenvalue weighted by Crippen LogP contribution is -2.34. The van der Waals surface area contributed by atoms with E-state index in [1.54, 1.807) is 6.07 Å². The highest BCUT2D eigenvalue weighted by Gasteiger charge is 2.61. The fraction of sp³-hybridized carbons (Fsp3) is 0.400. The monoisotopic (exact) mass is 334 g/mol. The molecule has 0 amide bonds. The van der Waals surface area contributed by atoms with E-state index in [1.165, 1.54) is 26.2 Å². The number of H-pyrrole nitrogens is 1. The van der Waals surface area contributed by atoms with Gasteiger partial charge in [0, 0.05) is 16.8 Å². The van der Waals surface area contributed by atoms with E-state index in [1.807, 2.05) is 6.92 Å². The largest absolute Gasteiger partial charge is 0.496 e. The third-order valence-electron chi connectivity index (χ3n) is 3.54. The van der Waals surface area contributed by atoms with Crippen molar-refractivity contribution in [3.8, 4) is 16.9 Å². The molecule has 0 atom stereocenters. The zero-order valence-electron chi connectivity index (χ0n) is 12.7. The quantitative estimate of drug-likeness (QED) is 0.829.